The Kier molecular flexibility index (Phi) is 5.12. The molecule has 16 heavy (non-hydrogen) atoms. The molecule has 0 saturated carbocycles. The summed E-state index contributed by atoms with van der Waals surface area (Å²) in [6, 6.07) is 9.20. The minimum Gasteiger partial charge on any atom is -0.360 e. The van der Waals surface area contributed by atoms with Crippen molar-refractivity contribution in [1.82, 2.24) is 4.90 Å². The first-order chi connectivity index (χ1) is 7.70. The molecule has 0 bridgehead atoms. The summed E-state index contributed by atoms with van der Waals surface area (Å²) in [6.45, 7) is 5.72. The van der Waals surface area contributed by atoms with Crippen LogP contribution in [0.4, 0.5) is 0 Å². The maximum absolute atomic E-state index is 12.0. The molecule has 0 radical (unpaired) electrons. The molecule has 0 saturated heterocycles. The van der Waals surface area contributed by atoms with Crippen LogP contribution < -0.4 is 0 Å². The summed E-state index contributed by atoms with van der Waals surface area (Å²) >= 11 is 5.22. The SMILES string of the molecule is CCCN(CC)C(=S)C(=O)c1ccccc1. The molecule has 0 aliphatic carbocycles. The van der Waals surface area contributed by atoms with Gasteiger partial charge in [0, 0.05) is 18.7 Å². The van der Waals surface area contributed by atoms with E-state index in [-0.39, 0.29) is 5.78 Å². The van der Waals surface area contributed by atoms with Crippen molar-refractivity contribution in [2.45, 2.75) is 20.3 Å². The highest BCUT2D eigenvalue weighted by atomic mass is 32.1. The lowest BCUT2D eigenvalue weighted by molar-refractivity contribution is 0.105. The monoisotopic (exact) mass is 235 g/mol. The molecule has 0 heterocycles. The number of thiocarbonyl (C=S) groups is 1. The van der Waals surface area contributed by atoms with Crippen molar-refractivity contribution < 1.29 is 4.79 Å². The van der Waals surface area contributed by atoms with Crippen LogP contribution in [0.15, 0.2) is 30.3 Å². The Balaban J connectivity index is 2.78. The van der Waals surface area contributed by atoms with Crippen molar-refractivity contribution >= 4 is 23.0 Å². The molecule has 2 nitrogen and oxygen atoms in total. The normalized spacial score (nSPS) is 9.88. The summed E-state index contributed by atoms with van der Waals surface area (Å²) in [6.07, 6.45) is 0.996. The molecule has 0 aliphatic heterocycles. The zero-order valence-electron chi connectivity index (χ0n) is 9.77. The number of hydrogen-bond donors (Lipinski definition) is 0. The van der Waals surface area contributed by atoms with Crippen molar-refractivity contribution in [2.75, 3.05) is 13.1 Å². The lowest BCUT2D eigenvalue weighted by atomic mass is 10.1. The van der Waals surface area contributed by atoms with E-state index < -0.39 is 0 Å². The second-order valence-corrected chi connectivity index (χ2v) is 3.97. The van der Waals surface area contributed by atoms with Gasteiger partial charge in [0.25, 0.3) is 0 Å². The van der Waals surface area contributed by atoms with Crippen LogP contribution in [0.5, 0.6) is 0 Å². The zero-order valence-corrected chi connectivity index (χ0v) is 10.6. The van der Waals surface area contributed by atoms with Crippen LogP contribution in [0.1, 0.15) is 30.6 Å². The first kappa shape index (κ1) is 12.8. The van der Waals surface area contributed by atoms with Crippen molar-refractivity contribution in [3.8, 4) is 0 Å². The topological polar surface area (TPSA) is 20.3 Å². The van der Waals surface area contributed by atoms with E-state index in [0.717, 1.165) is 19.5 Å². The van der Waals surface area contributed by atoms with E-state index in [0.29, 0.717) is 10.6 Å². The summed E-state index contributed by atoms with van der Waals surface area (Å²) in [7, 11) is 0. The van der Waals surface area contributed by atoms with Gasteiger partial charge in [-0.15, -0.1) is 0 Å². The molecule has 0 unspecified atom stereocenters. The molecule has 86 valence electrons. The third-order valence-electron chi connectivity index (χ3n) is 2.39. The summed E-state index contributed by atoms with van der Waals surface area (Å²) in [5, 5.41) is 0. The molecule has 1 aromatic rings. The highest BCUT2D eigenvalue weighted by molar-refractivity contribution is 7.82. The first-order valence-electron chi connectivity index (χ1n) is 5.59. The van der Waals surface area contributed by atoms with E-state index in [4.69, 9.17) is 12.2 Å². The van der Waals surface area contributed by atoms with Gasteiger partial charge < -0.3 is 4.90 Å². The van der Waals surface area contributed by atoms with Crippen molar-refractivity contribution in [2.24, 2.45) is 0 Å². The Hall–Kier alpha value is -1.22. The number of Topliss-reactive ketones (excluding diaryl/α,β-unsaturated/α-hetero) is 1. The van der Waals surface area contributed by atoms with Gasteiger partial charge in [-0.3, -0.25) is 4.79 Å². The van der Waals surface area contributed by atoms with Crippen molar-refractivity contribution in [3.63, 3.8) is 0 Å². The molecular weight excluding hydrogens is 218 g/mol. The van der Waals surface area contributed by atoms with Gasteiger partial charge in [0.05, 0.1) is 0 Å². The Morgan fingerprint density at radius 1 is 1.25 bits per heavy atom. The second-order valence-electron chi connectivity index (χ2n) is 3.58. The fourth-order valence-electron chi connectivity index (χ4n) is 1.53. The van der Waals surface area contributed by atoms with Crippen LogP contribution in [0.25, 0.3) is 0 Å². The molecule has 1 aromatic carbocycles. The lowest BCUT2D eigenvalue weighted by Crippen LogP contribution is -2.35. The van der Waals surface area contributed by atoms with Gasteiger partial charge in [-0.2, -0.15) is 0 Å². The molecule has 0 amide bonds. The van der Waals surface area contributed by atoms with Crippen molar-refractivity contribution in [3.05, 3.63) is 35.9 Å². The van der Waals surface area contributed by atoms with Gasteiger partial charge in [-0.05, 0) is 13.3 Å². The highest BCUT2D eigenvalue weighted by Gasteiger charge is 2.16. The van der Waals surface area contributed by atoms with Gasteiger partial charge in [0.15, 0.2) is 0 Å². The molecule has 1 rings (SSSR count). The molecule has 0 aliphatic rings. The number of carbonyl (C=O) groups excluding carboxylic acids is 1. The summed E-state index contributed by atoms with van der Waals surface area (Å²) in [5.74, 6) is -0.0501. The van der Waals surface area contributed by atoms with E-state index >= 15 is 0 Å². The number of carbonyl (C=O) groups is 1. The third-order valence-corrected chi connectivity index (χ3v) is 2.84. The van der Waals surface area contributed by atoms with Crippen LogP contribution in [0, 0.1) is 0 Å². The number of rotatable bonds is 5. The minimum atomic E-state index is -0.0501. The molecule has 0 atom stereocenters. The van der Waals surface area contributed by atoms with Crippen LogP contribution in [0.2, 0.25) is 0 Å². The maximum Gasteiger partial charge on any atom is 0.220 e. The fourth-order valence-corrected chi connectivity index (χ4v) is 1.87. The minimum absolute atomic E-state index is 0.0501. The van der Waals surface area contributed by atoms with Gasteiger partial charge in [-0.1, -0.05) is 49.5 Å². The predicted molar refractivity (Wildman–Crippen MR) is 70.9 cm³/mol. The van der Waals surface area contributed by atoms with E-state index in [9.17, 15) is 4.79 Å². The fraction of sp³-hybridized carbons (Fsp3) is 0.385. The smallest absolute Gasteiger partial charge is 0.220 e. The van der Waals surface area contributed by atoms with Crippen LogP contribution in [0.3, 0.4) is 0 Å². The largest absolute Gasteiger partial charge is 0.360 e. The second kappa shape index (κ2) is 6.38. The molecule has 0 fully saturated rings. The van der Waals surface area contributed by atoms with Gasteiger partial charge in [-0.25, -0.2) is 0 Å². The average Bonchev–Trinajstić information content (AvgIpc) is 2.35. The Bertz CT molecular complexity index is 361. The quantitative estimate of drug-likeness (QED) is 0.578. The van der Waals surface area contributed by atoms with E-state index in [2.05, 4.69) is 6.92 Å². The molecular formula is C13H17NOS. The summed E-state index contributed by atoms with van der Waals surface area (Å²) in [4.78, 5) is 14.4. The van der Waals surface area contributed by atoms with Crippen LogP contribution in [-0.2, 0) is 0 Å². The number of nitrogens with zero attached hydrogens (tertiary/aromatic N) is 1. The van der Waals surface area contributed by atoms with Crippen LogP contribution in [-0.4, -0.2) is 28.8 Å². The number of ketones is 1. The van der Waals surface area contributed by atoms with Crippen LogP contribution >= 0.6 is 12.2 Å². The van der Waals surface area contributed by atoms with E-state index in [1.807, 2.05) is 30.0 Å². The summed E-state index contributed by atoms with van der Waals surface area (Å²) in [5.41, 5.74) is 0.669. The van der Waals surface area contributed by atoms with Gasteiger partial charge >= 0.3 is 0 Å². The predicted octanol–water partition coefficient (Wildman–Crippen LogP) is 2.93. The van der Waals surface area contributed by atoms with Gasteiger partial charge in [0.1, 0.15) is 4.99 Å². The average molecular weight is 235 g/mol. The Morgan fingerprint density at radius 2 is 1.88 bits per heavy atom. The number of benzene rings is 1. The van der Waals surface area contributed by atoms with E-state index in [1.165, 1.54) is 0 Å². The van der Waals surface area contributed by atoms with E-state index in [1.54, 1.807) is 12.1 Å². The standard InChI is InChI=1S/C13H17NOS/c1-3-10-14(4-2)13(16)12(15)11-8-6-5-7-9-11/h5-9H,3-4,10H2,1-2H3. The zero-order chi connectivity index (χ0) is 12.0. The third kappa shape index (κ3) is 3.14. The van der Waals surface area contributed by atoms with Crippen molar-refractivity contribution in [1.29, 1.82) is 0 Å². The number of hydrogen-bond acceptors (Lipinski definition) is 2. The lowest BCUT2D eigenvalue weighted by Gasteiger charge is -2.21. The Morgan fingerprint density at radius 3 is 2.38 bits per heavy atom. The van der Waals surface area contributed by atoms with Gasteiger partial charge in [0.2, 0.25) is 5.78 Å². The highest BCUT2D eigenvalue weighted by Crippen LogP contribution is 2.05. The summed E-state index contributed by atoms with van der Waals surface area (Å²) < 4.78 is 0. The molecule has 0 spiro atoms. The number of likely N-dealkylation sites (N-methyl/N-ethyl adjacent to an activating group) is 1. The Labute approximate surface area is 102 Å². The first-order valence-corrected chi connectivity index (χ1v) is 6.00. The maximum atomic E-state index is 12.0. The molecule has 0 aromatic heterocycles. The molecule has 0 N–H and O–H groups in total. The molecule has 3 heteroatoms.